The van der Waals surface area contributed by atoms with Crippen molar-refractivity contribution in [2.75, 3.05) is 0 Å². The quantitative estimate of drug-likeness (QED) is 0.340. The maximum atomic E-state index is 13.1. The van der Waals surface area contributed by atoms with Gasteiger partial charge in [0.1, 0.15) is 12.2 Å². The molecular formula is C24H19BrN4O2. The predicted octanol–water partition coefficient (Wildman–Crippen LogP) is 3.90. The fraction of sp³-hybridized carbons (Fsp3) is 0.0833. The number of hydrogen-bond acceptors (Lipinski definition) is 4. The van der Waals surface area contributed by atoms with Crippen molar-refractivity contribution >= 4 is 39.1 Å². The number of carbonyl (C=O) groups is 1. The Balaban J connectivity index is 1.58. The Kier molecular flexibility index (Phi) is 6.33. The van der Waals surface area contributed by atoms with E-state index in [9.17, 15) is 9.59 Å². The molecule has 31 heavy (non-hydrogen) atoms. The van der Waals surface area contributed by atoms with Crippen LogP contribution in [-0.4, -0.2) is 21.7 Å². The van der Waals surface area contributed by atoms with Gasteiger partial charge in [0.25, 0.3) is 11.5 Å². The number of rotatable bonds is 6. The lowest BCUT2D eigenvalue weighted by Gasteiger charge is -2.11. The van der Waals surface area contributed by atoms with Crippen LogP contribution in [0.4, 0.5) is 0 Å². The summed E-state index contributed by atoms with van der Waals surface area (Å²) in [5.74, 6) is -0.391. The maximum absolute atomic E-state index is 13.1. The molecule has 3 aromatic carbocycles. The number of benzene rings is 3. The molecule has 0 atom stereocenters. The molecule has 1 aromatic heterocycles. The second kappa shape index (κ2) is 9.49. The molecule has 0 radical (unpaired) electrons. The first-order valence-electron chi connectivity index (χ1n) is 9.70. The molecule has 1 amide bonds. The molecule has 0 saturated heterocycles. The highest BCUT2D eigenvalue weighted by atomic mass is 79.9. The summed E-state index contributed by atoms with van der Waals surface area (Å²) in [6.45, 7) is -0.151. The van der Waals surface area contributed by atoms with Gasteiger partial charge in [0.2, 0.25) is 0 Å². The monoisotopic (exact) mass is 474 g/mol. The highest BCUT2D eigenvalue weighted by Crippen LogP contribution is 2.12. The van der Waals surface area contributed by atoms with Crippen LogP contribution in [0.15, 0.2) is 93.2 Å². The van der Waals surface area contributed by atoms with Gasteiger partial charge in [0.05, 0.1) is 17.2 Å². The normalized spacial score (nSPS) is 11.1. The topological polar surface area (TPSA) is 76.3 Å². The van der Waals surface area contributed by atoms with Gasteiger partial charge in [-0.15, -0.1) is 0 Å². The van der Waals surface area contributed by atoms with E-state index in [4.69, 9.17) is 0 Å². The van der Waals surface area contributed by atoms with Gasteiger partial charge in [-0.2, -0.15) is 5.10 Å². The Hall–Kier alpha value is -3.58. The average molecular weight is 475 g/mol. The fourth-order valence-electron chi connectivity index (χ4n) is 3.21. The lowest BCUT2D eigenvalue weighted by atomic mass is 10.1. The molecule has 1 N–H and O–H groups in total. The molecule has 0 aliphatic rings. The van der Waals surface area contributed by atoms with Crippen molar-refractivity contribution in [2.45, 2.75) is 13.0 Å². The SMILES string of the molecule is O=C(Cn1c(=O)c(Cc2ccccc2)nc2ccccc21)N/N=C/c1ccc(Br)cc1. The van der Waals surface area contributed by atoms with Crippen LogP contribution in [0.2, 0.25) is 0 Å². The molecule has 0 aliphatic carbocycles. The van der Waals surface area contributed by atoms with Crippen molar-refractivity contribution in [2.24, 2.45) is 5.10 Å². The molecule has 0 fully saturated rings. The zero-order valence-electron chi connectivity index (χ0n) is 16.5. The van der Waals surface area contributed by atoms with Crippen molar-refractivity contribution in [3.63, 3.8) is 0 Å². The third kappa shape index (κ3) is 5.13. The van der Waals surface area contributed by atoms with E-state index in [1.165, 1.54) is 4.57 Å². The second-order valence-corrected chi connectivity index (χ2v) is 7.86. The second-order valence-electron chi connectivity index (χ2n) is 6.95. The van der Waals surface area contributed by atoms with E-state index in [2.05, 4.69) is 31.4 Å². The number of para-hydroxylation sites is 2. The molecule has 0 unspecified atom stereocenters. The number of hydrogen-bond donors (Lipinski definition) is 1. The summed E-state index contributed by atoms with van der Waals surface area (Å²) in [5.41, 5.74) is 5.72. The highest BCUT2D eigenvalue weighted by Gasteiger charge is 2.14. The largest absolute Gasteiger partial charge is 0.296 e. The lowest BCUT2D eigenvalue weighted by molar-refractivity contribution is -0.121. The number of hydrazone groups is 1. The van der Waals surface area contributed by atoms with Gasteiger partial charge < -0.3 is 0 Å². The number of fused-ring (bicyclic) bond motifs is 1. The number of halogens is 1. The third-order valence-electron chi connectivity index (χ3n) is 4.71. The maximum Gasteiger partial charge on any atom is 0.273 e. The van der Waals surface area contributed by atoms with E-state index < -0.39 is 5.91 Å². The van der Waals surface area contributed by atoms with Crippen LogP contribution in [-0.2, 0) is 17.8 Å². The first-order chi connectivity index (χ1) is 15.1. The average Bonchev–Trinajstić information content (AvgIpc) is 2.79. The van der Waals surface area contributed by atoms with Gasteiger partial charge in [-0.25, -0.2) is 10.4 Å². The van der Waals surface area contributed by atoms with E-state index in [-0.39, 0.29) is 12.1 Å². The van der Waals surface area contributed by atoms with Crippen molar-refractivity contribution in [3.8, 4) is 0 Å². The minimum Gasteiger partial charge on any atom is -0.296 e. The van der Waals surface area contributed by atoms with Gasteiger partial charge in [-0.3, -0.25) is 14.2 Å². The first kappa shape index (κ1) is 20.7. The molecule has 7 heteroatoms. The third-order valence-corrected chi connectivity index (χ3v) is 5.24. The van der Waals surface area contributed by atoms with Crippen LogP contribution < -0.4 is 11.0 Å². The van der Waals surface area contributed by atoms with E-state index in [0.717, 1.165) is 15.6 Å². The summed E-state index contributed by atoms with van der Waals surface area (Å²) in [6, 6.07) is 24.5. The highest BCUT2D eigenvalue weighted by molar-refractivity contribution is 9.10. The van der Waals surface area contributed by atoms with Crippen molar-refractivity contribution in [1.82, 2.24) is 15.0 Å². The summed E-state index contributed by atoms with van der Waals surface area (Å²) in [4.78, 5) is 30.2. The van der Waals surface area contributed by atoms with Crippen LogP contribution in [0.25, 0.3) is 11.0 Å². The van der Waals surface area contributed by atoms with E-state index in [1.807, 2.05) is 72.8 Å². The number of aromatic nitrogens is 2. The standard InChI is InChI=1S/C24H19BrN4O2/c25-19-12-10-18(11-13-19)15-26-28-23(30)16-29-22-9-5-4-8-20(22)27-21(24(29)31)14-17-6-2-1-3-7-17/h1-13,15H,14,16H2,(H,28,30)/b26-15+. The minimum atomic E-state index is -0.391. The van der Waals surface area contributed by atoms with Crippen LogP contribution in [0.1, 0.15) is 16.8 Å². The molecule has 6 nitrogen and oxygen atoms in total. The zero-order chi connectivity index (χ0) is 21.6. The molecule has 0 aliphatic heterocycles. The number of nitrogens with one attached hydrogen (secondary N) is 1. The van der Waals surface area contributed by atoms with E-state index in [1.54, 1.807) is 12.3 Å². The van der Waals surface area contributed by atoms with Gasteiger partial charge in [0.15, 0.2) is 0 Å². The van der Waals surface area contributed by atoms with Crippen LogP contribution in [0, 0.1) is 0 Å². The smallest absolute Gasteiger partial charge is 0.273 e. The van der Waals surface area contributed by atoms with Gasteiger partial charge in [-0.1, -0.05) is 70.5 Å². The molecule has 0 spiro atoms. The molecule has 1 heterocycles. The first-order valence-corrected chi connectivity index (χ1v) is 10.5. The Morgan fingerprint density at radius 3 is 2.48 bits per heavy atom. The van der Waals surface area contributed by atoms with Gasteiger partial charge >= 0.3 is 0 Å². The van der Waals surface area contributed by atoms with Crippen molar-refractivity contribution in [3.05, 3.63) is 111 Å². The Morgan fingerprint density at radius 1 is 1.00 bits per heavy atom. The molecular weight excluding hydrogens is 456 g/mol. The summed E-state index contributed by atoms with van der Waals surface area (Å²) in [7, 11) is 0. The Labute approximate surface area is 187 Å². The Morgan fingerprint density at radius 2 is 1.71 bits per heavy atom. The lowest BCUT2D eigenvalue weighted by Crippen LogP contribution is -2.32. The number of nitrogens with zero attached hydrogens (tertiary/aromatic N) is 3. The zero-order valence-corrected chi connectivity index (χ0v) is 18.1. The molecule has 4 aromatic rings. The molecule has 0 bridgehead atoms. The van der Waals surface area contributed by atoms with Crippen molar-refractivity contribution < 1.29 is 4.79 Å². The fourth-order valence-corrected chi connectivity index (χ4v) is 3.48. The Bertz CT molecular complexity index is 1300. The summed E-state index contributed by atoms with van der Waals surface area (Å²) < 4.78 is 2.41. The molecule has 154 valence electrons. The van der Waals surface area contributed by atoms with E-state index >= 15 is 0 Å². The van der Waals surface area contributed by atoms with Crippen LogP contribution >= 0.6 is 15.9 Å². The summed E-state index contributed by atoms with van der Waals surface area (Å²) >= 11 is 3.38. The summed E-state index contributed by atoms with van der Waals surface area (Å²) in [5, 5.41) is 4.00. The van der Waals surface area contributed by atoms with Crippen LogP contribution in [0.3, 0.4) is 0 Å². The number of amides is 1. The van der Waals surface area contributed by atoms with Crippen LogP contribution in [0.5, 0.6) is 0 Å². The van der Waals surface area contributed by atoms with Gasteiger partial charge in [-0.05, 0) is 35.4 Å². The molecule has 0 saturated carbocycles. The molecule has 4 rings (SSSR count). The van der Waals surface area contributed by atoms with E-state index in [0.29, 0.717) is 23.1 Å². The van der Waals surface area contributed by atoms with Crippen molar-refractivity contribution in [1.29, 1.82) is 0 Å². The predicted molar refractivity (Wildman–Crippen MR) is 125 cm³/mol. The number of carbonyl (C=O) groups excluding carboxylic acids is 1. The summed E-state index contributed by atoms with van der Waals surface area (Å²) in [6.07, 6.45) is 1.95. The minimum absolute atomic E-state index is 0.151. The van der Waals surface area contributed by atoms with Gasteiger partial charge in [0, 0.05) is 10.9 Å².